The van der Waals surface area contributed by atoms with E-state index >= 15 is 0 Å². The molecule has 4 N–H and O–H groups in total. The lowest BCUT2D eigenvalue weighted by atomic mass is 10.1. The highest BCUT2D eigenvalue weighted by molar-refractivity contribution is 6.33. The maximum Gasteiger partial charge on any atom is 0.252 e. The first-order valence-corrected chi connectivity index (χ1v) is 10.6. The molecule has 2 aromatic carbocycles. The molecule has 0 radical (unpaired) electrons. The van der Waals surface area contributed by atoms with Gasteiger partial charge in [-0.15, -0.1) is 0 Å². The van der Waals surface area contributed by atoms with Gasteiger partial charge in [0.05, 0.1) is 35.2 Å². The summed E-state index contributed by atoms with van der Waals surface area (Å²) >= 11 is 6.48. The maximum absolute atomic E-state index is 13.5. The zero-order valence-corrected chi connectivity index (χ0v) is 18.3. The second-order valence-electron chi connectivity index (χ2n) is 7.50. The molecule has 0 atom stereocenters. The number of anilines is 4. The highest BCUT2D eigenvalue weighted by atomic mass is 35.5. The number of carbonyl (C=O) groups excluding carboxylic acids is 1. The van der Waals surface area contributed by atoms with Crippen molar-refractivity contribution in [1.82, 2.24) is 4.98 Å². The number of morpholine rings is 1. The summed E-state index contributed by atoms with van der Waals surface area (Å²) in [6.07, 6.45) is 1.33. The van der Waals surface area contributed by atoms with Crippen LogP contribution in [0.25, 0.3) is 0 Å². The predicted octanol–water partition coefficient (Wildman–Crippen LogP) is 4.30. The number of amides is 1. The standard InChI is InChI=1S/C23H22ClF2N5O2/c24-19-10-17(31-3-5-33-6-4-31)1-2-20(19)30-22-11-21(18(13-29-22)23(27)32)28-12-14-7-15(25)9-16(26)8-14/h1-2,7-11,13H,3-6,12H2,(H2,27,32)(H2,28,29,30). The van der Waals surface area contributed by atoms with Crippen LogP contribution in [-0.4, -0.2) is 37.2 Å². The van der Waals surface area contributed by atoms with Gasteiger partial charge in [0, 0.05) is 43.7 Å². The van der Waals surface area contributed by atoms with Crippen molar-refractivity contribution in [1.29, 1.82) is 0 Å². The van der Waals surface area contributed by atoms with E-state index in [1.54, 1.807) is 6.07 Å². The summed E-state index contributed by atoms with van der Waals surface area (Å²) in [4.78, 5) is 18.2. The number of primary amides is 1. The van der Waals surface area contributed by atoms with Crippen LogP contribution < -0.4 is 21.3 Å². The van der Waals surface area contributed by atoms with Crippen LogP contribution in [0.3, 0.4) is 0 Å². The molecule has 0 aliphatic carbocycles. The Kier molecular flexibility index (Phi) is 6.90. The second-order valence-corrected chi connectivity index (χ2v) is 7.91. The van der Waals surface area contributed by atoms with Crippen molar-refractivity contribution in [2.24, 2.45) is 5.73 Å². The third-order valence-electron chi connectivity index (χ3n) is 5.17. The van der Waals surface area contributed by atoms with Crippen LogP contribution in [0.5, 0.6) is 0 Å². The summed E-state index contributed by atoms with van der Waals surface area (Å²) in [5.41, 5.74) is 7.96. The van der Waals surface area contributed by atoms with Crippen molar-refractivity contribution in [3.05, 3.63) is 76.4 Å². The zero-order chi connectivity index (χ0) is 23.4. The molecule has 0 spiro atoms. The Morgan fingerprint density at radius 3 is 2.48 bits per heavy atom. The van der Waals surface area contributed by atoms with Gasteiger partial charge in [0.15, 0.2) is 0 Å². The fourth-order valence-electron chi connectivity index (χ4n) is 3.54. The first-order chi connectivity index (χ1) is 15.9. The summed E-state index contributed by atoms with van der Waals surface area (Å²) in [5.74, 6) is -1.65. The van der Waals surface area contributed by atoms with E-state index in [1.807, 2.05) is 18.2 Å². The van der Waals surface area contributed by atoms with E-state index in [1.165, 1.54) is 18.3 Å². The lowest BCUT2D eigenvalue weighted by Gasteiger charge is -2.29. The molecular weight excluding hydrogens is 452 g/mol. The molecule has 172 valence electrons. The average Bonchev–Trinajstić information content (AvgIpc) is 2.79. The number of hydrogen-bond acceptors (Lipinski definition) is 6. The number of pyridine rings is 1. The summed E-state index contributed by atoms with van der Waals surface area (Å²) in [7, 11) is 0. The van der Waals surface area contributed by atoms with Crippen molar-refractivity contribution in [3.63, 3.8) is 0 Å². The Morgan fingerprint density at radius 2 is 1.82 bits per heavy atom. The van der Waals surface area contributed by atoms with E-state index in [0.29, 0.717) is 41.0 Å². The van der Waals surface area contributed by atoms with Crippen LogP contribution in [0.2, 0.25) is 5.02 Å². The number of nitrogens with zero attached hydrogens (tertiary/aromatic N) is 2. The van der Waals surface area contributed by atoms with Gasteiger partial charge in [-0.3, -0.25) is 4.79 Å². The van der Waals surface area contributed by atoms with E-state index < -0.39 is 17.5 Å². The second kappa shape index (κ2) is 10.0. The lowest BCUT2D eigenvalue weighted by Crippen LogP contribution is -2.36. The number of ether oxygens (including phenoxy) is 1. The number of rotatable bonds is 7. The number of aromatic nitrogens is 1. The number of carbonyl (C=O) groups is 1. The molecule has 0 bridgehead atoms. The summed E-state index contributed by atoms with van der Waals surface area (Å²) in [6.45, 7) is 3.01. The topological polar surface area (TPSA) is 92.5 Å². The van der Waals surface area contributed by atoms with E-state index in [-0.39, 0.29) is 12.1 Å². The maximum atomic E-state index is 13.5. The molecular formula is C23H22ClF2N5O2. The summed E-state index contributed by atoms with van der Waals surface area (Å²) in [6, 6.07) is 10.5. The van der Waals surface area contributed by atoms with Crippen LogP contribution in [0.4, 0.5) is 31.7 Å². The van der Waals surface area contributed by atoms with Gasteiger partial charge in [-0.25, -0.2) is 13.8 Å². The molecule has 1 aliphatic heterocycles. The average molecular weight is 474 g/mol. The molecule has 3 aromatic rings. The molecule has 2 heterocycles. The molecule has 10 heteroatoms. The number of nitrogens with two attached hydrogens (primary N) is 1. The van der Waals surface area contributed by atoms with Gasteiger partial charge in [0.1, 0.15) is 17.5 Å². The molecule has 7 nitrogen and oxygen atoms in total. The van der Waals surface area contributed by atoms with Crippen molar-refractivity contribution < 1.29 is 18.3 Å². The van der Waals surface area contributed by atoms with E-state index in [9.17, 15) is 13.6 Å². The minimum atomic E-state index is -0.686. The van der Waals surface area contributed by atoms with Gasteiger partial charge in [-0.1, -0.05) is 11.6 Å². The van der Waals surface area contributed by atoms with Crippen molar-refractivity contribution in [2.45, 2.75) is 6.54 Å². The van der Waals surface area contributed by atoms with Crippen molar-refractivity contribution in [3.8, 4) is 0 Å². The van der Waals surface area contributed by atoms with Crippen LogP contribution in [0.1, 0.15) is 15.9 Å². The number of benzene rings is 2. The Bertz CT molecular complexity index is 1150. The first-order valence-electron chi connectivity index (χ1n) is 10.3. The Hall–Kier alpha value is -3.43. The molecule has 1 fully saturated rings. The molecule has 1 aliphatic rings. The number of nitrogens with one attached hydrogen (secondary N) is 2. The zero-order valence-electron chi connectivity index (χ0n) is 17.6. The Labute approximate surface area is 194 Å². The largest absolute Gasteiger partial charge is 0.380 e. The molecule has 4 rings (SSSR count). The Morgan fingerprint density at radius 1 is 1.09 bits per heavy atom. The normalized spacial score (nSPS) is 13.6. The Balaban J connectivity index is 1.52. The van der Waals surface area contributed by atoms with Gasteiger partial charge < -0.3 is 26.0 Å². The van der Waals surface area contributed by atoms with E-state index in [0.717, 1.165) is 24.8 Å². The van der Waals surface area contributed by atoms with Crippen LogP contribution >= 0.6 is 11.6 Å². The molecule has 0 saturated carbocycles. The predicted molar refractivity (Wildman–Crippen MR) is 124 cm³/mol. The molecule has 1 saturated heterocycles. The minimum Gasteiger partial charge on any atom is -0.380 e. The van der Waals surface area contributed by atoms with Gasteiger partial charge in [0.2, 0.25) is 0 Å². The first kappa shape index (κ1) is 22.8. The monoisotopic (exact) mass is 473 g/mol. The van der Waals surface area contributed by atoms with Crippen LogP contribution in [0.15, 0.2) is 48.7 Å². The smallest absolute Gasteiger partial charge is 0.252 e. The SMILES string of the molecule is NC(=O)c1cnc(Nc2ccc(N3CCOCC3)cc2Cl)cc1NCc1cc(F)cc(F)c1. The van der Waals surface area contributed by atoms with Gasteiger partial charge in [-0.05, 0) is 35.9 Å². The summed E-state index contributed by atoms with van der Waals surface area (Å²) < 4.78 is 32.3. The van der Waals surface area contributed by atoms with E-state index in [4.69, 9.17) is 22.1 Å². The fourth-order valence-corrected chi connectivity index (χ4v) is 3.76. The number of hydrogen-bond donors (Lipinski definition) is 3. The molecule has 1 amide bonds. The minimum absolute atomic E-state index is 0.0768. The number of halogens is 3. The fraction of sp³-hybridized carbons (Fsp3) is 0.217. The quantitative estimate of drug-likeness (QED) is 0.473. The third-order valence-corrected chi connectivity index (χ3v) is 5.48. The van der Waals surface area contributed by atoms with Gasteiger partial charge in [0.25, 0.3) is 5.91 Å². The molecule has 0 unspecified atom stereocenters. The van der Waals surface area contributed by atoms with E-state index in [2.05, 4.69) is 20.5 Å². The van der Waals surface area contributed by atoms with Crippen molar-refractivity contribution >= 4 is 40.4 Å². The third kappa shape index (κ3) is 5.68. The van der Waals surface area contributed by atoms with Crippen LogP contribution in [0, 0.1) is 11.6 Å². The van der Waals surface area contributed by atoms with Crippen LogP contribution in [-0.2, 0) is 11.3 Å². The van der Waals surface area contributed by atoms with Crippen molar-refractivity contribution in [2.75, 3.05) is 41.8 Å². The lowest BCUT2D eigenvalue weighted by molar-refractivity contribution is 0.100. The molecule has 1 aromatic heterocycles. The summed E-state index contributed by atoms with van der Waals surface area (Å²) in [5, 5.41) is 6.62. The molecule has 33 heavy (non-hydrogen) atoms. The van der Waals surface area contributed by atoms with Gasteiger partial charge in [-0.2, -0.15) is 0 Å². The highest BCUT2D eigenvalue weighted by Crippen LogP contribution is 2.31. The highest BCUT2D eigenvalue weighted by Gasteiger charge is 2.14. The van der Waals surface area contributed by atoms with Gasteiger partial charge >= 0.3 is 0 Å².